The lowest BCUT2D eigenvalue weighted by Gasteiger charge is -2.21. The SMILES string of the molecule is COC(=O)c1ccc(C=NNC(=O)CN(Cc2ccc(Br)cc2)S(=O)(=O)c2ccccc2)cc1. The van der Waals surface area contributed by atoms with E-state index < -0.39 is 28.4 Å². The summed E-state index contributed by atoms with van der Waals surface area (Å²) in [5.74, 6) is -1.05. The molecule has 1 amide bonds. The molecule has 0 aliphatic rings. The molecule has 10 heteroatoms. The zero-order chi connectivity index (χ0) is 24.6. The molecule has 0 aliphatic carbocycles. The molecule has 0 atom stereocenters. The van der Waals surface area contributed by atoms with Gasteiger partial charge in [-0.15, -0.1) is 0 Å². The average molecular weight is 544 g/mol. The third-order valence-corrected chi connectivity index (χ3v) is 7.04. The third kappa shape index (κ3) is 6.83. The van der Waals surface area contributed by atoms with Gasteiger partial charge < -0.3 is 4.74 Å². The van der Waals surface area contributed by atoms with Gasteiger partial charge in [0.25, 0.3) is 5.91 Å². The second-order valence-electron chi connectivity index (χ2n) is 7.12. The maximum Gasteiger partial charge on any atom is 0.337 e. The number of hydrogen-bond acceptors (Lipinski definition) is 6. The minimum absolute atomic E-state index is 0.0105. The molecule has 3 aromatic rings. The number of amides is 1. The Morgan fingerprint density at radius 1 is 1.00 bits per heavy atom. The predicted molar refractivity (Wildman–Crippen MR) is 132 cm³/mol. The Kier molecular flexibility index (Phi) is 8.69. The number of nitrogens with one attached hydrogen (secondary N) is 1. The number of nitrogens with zero attached hydrogens (tertiary/aromatic N) is 2. The Balaban J connectivity index is 1.72. The Morgan fingerprint density at radius 3 is 2.26 bits per heavy atom. The van der Waals surface area contributed by atoms with Crippen molar-refractivity contribution in [1.29, 1.82) is 0 Å². The smallest absolute Gasteiger partial charge is 0.337 e. The largest absolute Gasteiger partial charge is 0.465 e. The summed E-state index contributed by atoms with van der Waals surface area (Å²) in [5, 5.41) is 3.89. The number of sulfonamides is 1. The van der Waals surface area contributed by atoms with Gasteiger partial charge in [0, 0.05) is 11.0 Å². The topological polar surface area (TPSA) is 105 Å². The first-order chi connectivity index (χ1) is 16.3. The maximum atomic E-state index is 13.2. The van der Waals surface area contributed by atoms with E-state index in [0.717, 1.165) is 14.3 Å². The summed E-state index contributed by atoms with van der Waals surface area (Å²) >= 11 is 3.36. The van der Waals surface area contributed by atoms with E-state index in [1.807, 2.05) is 0 Å². The first kappa shape index (κ1) is 25.3. The Bertz CT molecular complexity index is 1260. The molecule has 176 valence electrons. The second kappa shape index (κ2) is 11.7. The molecule has 0 radical (unpaired) electrons. The number of carbonyl (C=O) groups is 2. The number of rotatable bonds is 9. The number of esters is 1. The summed E-state index contributed by atoms with van der Waals surface area (Å²) in [4.78, 5) is 24.1. The molecule has 0 fully saturated rings. The molecule has 8 nitrogen and oxygen atoms in total. The van der Waals surface area contributed by atoms with Gasteiger partial charge in [0.15, 0.2) is 0 Å². The summed E-state index contributed by atoms with van der Waals surface area (Å²) in [6, 6.07) is 21.5. The highest BCUT2D eigenvalue weighted by molar-refractivity contribution is 9.10. The van der Waals surface area contributed by atoms with Gasteiger partial charge in [0.05, 0.1) is 30.3 Å². The van der Waals surface area contributed by atoms with Crippen LogP contribution < -0.4 is 5.43 Å². The Morgan fingerprint density at radius 2 is 1.65 bits per heavy atom. The van der Waals surface area contributed by atoms with Gasteiger partial charge in [-0.1, -0.05) is 58.4 Å². The highest BCUT2D eigenvalue weighted by Crippen LogP contribution is 2.19. The highest BCUT2D eigenvalue weighted by Gasteiger charge is 2.26. The van der Waals surface area contributed by atoms with Crippen LogP contribution in [0.3, 0.4) is 0 Å². The fourth-order valence-corrected chi connectivity index (χ4v) is 4.63. The summed E-state index contributed by atoms with van der Waals surface area (Å²) in [5.41, 5.74) is 4.10. The van der Waals surface area contributed by atoms with Crippen LogP contribution in [0.1, 0.15) is 21.5 Å². The van der Waals surface area contributed by atoms with Crippen LogP contribution >= 0.6 is 15.9 Å². The van der Waals surface area contributed by atoms with Gasteiger partial charge in [-0.2, -0.15) is 9.41 Å². The number of benzene rings is 3. The van der Waals surface area contributed by atoms with Crippen LogP contribution in [0.15, 0.2) is 93.3 Å². The molecular weight excluding hydrogens is 522 g/mol. The molecule has 3 aromatic carbocycles. The lowest BCUT2D eigenvalue weighted by atomic mass is 10.1. The fourth-order valence-electron chi connectivity index (χ4n) is 2.96. The zero-order valence-corrected chi connectivity index (χ0v) is 20.6. The molecule has 0 saturated carbocycles. The van der Waals surface area contributed by atoms with E-state index in [2.05, 4.69) is 31.2 Å². The van der Waals surface area contributed by atoms with Crippen LogP contribution in [0.25, 0.3) is 0 Å². The van der Waals surface area contributed by atoms with Crippen molar-refractivity contribution in [1.82, 2.24) is 9.73 Å². The van der Waals surface area contributed by atoms with Crippen LogP contribution in [0.5, 0.6) is 0 Å². The molecule has 3 rings (SSSR count). The van der Waals surface area contributed by atoms with E-state index in [0.29, 0.717) is 11.1 Å². The van der Waals surface area contributed by atoms with Crippen molar-refractivity contribution >= 4 is 44.0 Å². The Labute approximate surface area is 206 Å². The molecular formula is C24H22BrN3O5S. The molecule has 0 heterocycles. The van der Waals surface area contributed by atoms with Crippen molar-refractivity contribution < 1.29 is 22.7 Å². The molecule has 34 heavy (non-hydrogen) atoms. The van der Waals surface area contributed by atoms with Crippen LogP contribution in [0.4, 0.5) is 0 Å². The van der Waals surface area contributed by atoms with Crippen molar-refractivity contribution in [3.05, 3.63) is 100 Å². The van der Waals surface area contributed by atoms with E-state index >= 15 is 0 Å². The minimum atomic E-state index is -3.93. The first-order valence-electron chi connectivity index (χ1n) is 10.1. The molecule has 0 unspecified atom stereocenters. The van der Waals surface area contributed by atoms with Gasteiger partial charge in [-0.05, 0) is 47.5 Å². The van der Waals surface area contributed by atoms with E-state index in [9.17, 15) is 18.0 Å². The van der Waals surface area contributed by atoms with Crippen LogP contribution in [-0.4, -0.2) is 44.5 Å². The minimum Gasteiger partial charge on any atom is -0.465 e. The van der Waals surface area contributed by atoms with Crippen LogP contribution in [-0.2, 0) is 26.1 Å². The zero-order valence-electron chi connectivity index (χ0n) is 18.2. The fraction of sp³-hybridized carbons (Fsp3) is 0.125. The van der Waals surface area contributed by atoms with E-state index in [1.54, 1.807) is 66.7 Å². The number of carbonyl (C=O) groups excluding carboxylic acids is 2. The number of methoxy groups -OCH3 is 1. The van der Waals surface area contributed by atoms with Gasteiger partial charge in [-0.3, -0.25) is 4.79 Å². The number of halogens is 1. The van der Waals surface area contributed by atoms with E-state index in [-0.39, 0.29) is 11.4 Å². The van der Waals surface area contributed by atoms with E-state index in [4.69, 9.17) is 0 Å². The lowest BCUT2D eigenvalue weighted by molar-refractivity contribution is -0.121. The quantitative estimate of drug-likeness (QED) is 0.252. The monoisotopic (exact) mass is 543 g/mol. The molecule has 1 N–H and O–H groups in total. The summed E-state index contributed by atoms with van der Waals surface area (Å²) in [7, 11) is -2.64. The predicted octanol–water partition coefficient (Wildman–Crippen LogP) is 3.58. The maximum absolute atomic E-state index is 13.2. The average Bonchev–Trinajstić information content (AvgIpc) is 2.85. The number of hydrogen-bond donors (Lipinski definition) is 1. The summed E-state index contributed by atoms with van der Waals surface area (Å²) < 4.78 is 33.0. The summed E-state index contributed by atoms with van der Waals surface area (Å²) in [6.45, 7) is -0.414. The number of hydrazone groups is 1. The van der Waals surface area contributed by atoms with Crippen LogP contribution in [0, 0.1) is 0 Å². The molecule has 0 spiro atoms. The van der Waals surface area contributed by atoms with Gasteiger partial charge in [0.2, 0.25) is 10.0 Å². The molecule has 0 aromatic heterocycles. The van der Waals surface area contributed by atoms with Gasteiger partial charge in [0.1, 0.15) is 0 Å². The molecule has 0 saturated heterocycles. The van der Waals surface area contributed by atoms with Crippen LogP contribution in [0.2, 0.25) is 0 Å². The number of ether oxygens (including phenoxy) is 1. The standard InChI is InChI=1S/C24H22BrN3O5S/c1-33-24(30)20-11-7-18(8-12-20)15-26-27-23(29)17-28(16-19-9-13-21(25)14-10-19)34(31,32)22-5-3-2-4-6-22/h2-15H,16-17H2,1H3,(H,27,29). The second-order valence-corrected chi connectivity index (χ2v) is 9.97. The van der Waals surface area contributed by atoms with Gasteiger partial charge >= 0.3 is 5.97 Å². The van der Waals surface area contributed by atoms with Crippen molar-refractivity contribution in [3.8, 4) is 0 Å². The summed E-state index contributed by atoms with van der Waals surface area (Å²) in [6.07, 6.45) is 1.39. The van der Waals surface area contributed by atoms with Crippen molar-refractivity contribution in [3.63, 3.8) is 0 Å². The van der Waals surface area contributed by atoms with Gasteiger partial charge in [-0.25, -0.2) is 18.6 Å². The molecule has 0 bridgehead atoms. The van der Waals surface area contributed by atoms with Crippen molar-refractivity contribution in [2.24, 2.45) is 5.10 Å². The lowest BCUT2D eigenvalue weighted by Crippen LogP contribution is -2.39. The Hall–Kier alpha value is -3.34. The van der Waals surface area contributed by atoms with Crippen molar-refractivity contribution in [2.75, 3.05) is 13.7 Å². The van der Waals surface area contributed by atoms with E-state index in [1.165, 1.54) is 25.5 Å². The third-order valence-electron chi connectivity index (χ3n) is 4.71. The molecule has 0 aliphatic heterocycles. The normalized spacial score (nSPS) is 11.5. The van der Waals surface area contributed by atoms with Crippen molar-refractivity contribution in [2.45, 2.75) is 11.4 Å². The first-order valence-corrected chi connectivity index (χ1v) is 12.3. The highest BCUT2D eigenvalue weighted by atomic mass is 79.9.